The molecule has 10 heteroatoms. The monoisotopic (exact) mass is 419 g/mol. The van der Waals surface area contributed by atoms with Gasteiger partial charge in [-0.15, -0.1) is 0 Å². The summed E-state index contributed by atoms with van der Waals surface area (Å²) in [6, 6.07) is 9.41. The van der Waals surface area contributed by atoms with E-state index in [0.29, 0.717) is 0 Å². The molecule has 0 spiro atoms. The number of methoxy groups -OCH3 is 1. The van der Waals surface area contributed by atoms with Crippen LogP contribution >= 0.6 is 0 Å². The van der Waals surface area contributed by atoms with E-state index in [1.54, 1.807) is 12.1 Å². The second-order valence-corrected chi connectivity index (χ2v) is 6.46. The third-order valence-corrected chi connectivity index (χ3v) is 4.72. The fourth-order valence-corrected chi connectivity index (χ4v) is 3.26. The zero-order valence-corrected chi connectivity index (χ0v) is 15.4. The summed E-state index contributed by atoms with van der Waals surface area (Å²) in [4.78, 5) is 26.1. The van der Waals surface area contributed by atoms with Crippen molar-refractivity contribution in [1.82, 2.24) is 14.7 Å². The van der Waals surface area contributed by atoms with Crippen LogP contribution in [-0.2, 0) is 12.7 Å². The molecule has 30 heavy (non-hydrogen) atoms. The number of imide groups is 1. The third kappa shape index (κ3) is 3.10. The summed E-state index contributed by atoms with van der Waals surface area (Å²) in [5, 5.41) is 3.46. The number of hydrogen-bond acceptors (Lipinski definition) is 4. The summed E-state index contributed by atoms with van der Waals surface area (Å²) >= 11 is 0. The van der Waals surface area contributed by atoms with Crippen LogP contribution < -0.4 is 4.74 Å². The molecule has 0 N–H and O–H groups in total. The Kier molecular flexibility index (Phi) is 4.56. The molecule has 1 aliphatic rings. The van der Waals surface area contributed by atoms with Gasteiger partial charge in [-0.2, -0.15) is 18.3 Å². The Morgan fingerprint density at radius 3 is 2.17 bits per heavy atom. The minimum absolute atomic E-state index is 0.0552. The molecular formula is C20H13F4N3O3. The lowest BCUT2D eigenvalue weighted by Crippen LogP contribution is -2.30. The summed E-state index contributed by atoms with van der Waals surface area (Å²) in [6.07, 6.45) is -3.66. The summed E-state index contributed by atoms with van der Waals surface area (Å²) in [7, 11) is 1.22. The van der Waals surface area contributed by atoms with E-state index in [1.165, 1.54) is 31.4 Å². The van der Waals surface area contributed by atoms with Crippen LogP contribution in [0.4, 0.5) is 17.6 Å². The number of hydrogen-bond donors (Lipinski definition) is 0. The standard InChI is InChI=1S/C20H13F4N3O3/c1-30-15-7-6-14(27-9-8-16(25-27)20(22,23)24)13(17(15)21)10-26-18(28)11-4-2-3-5-12(11)19(26)29/h2-9H,10H2,1H3. The number of carbonyl (C=O) groups excluding carboxylic acids is 2. The lowest BCUT2D eigenvalue weighted by atomic mass is 10.1. The molecule has 4 rings (SSSR count). The average molecular weight is 419 g/mol. The minimum atomic E-state index is -4.68. The molecule has 0 saturated heterocycles. The number of amides is 2. The Labute approximate surface area is 167 Å². The Hall–Kier alpha value is -3.69. The van der Waals surface area contributed by atoms with E-state index in [4.69, 9.17) is 4.74 Å². The van der Waals surface area contributed by atoms with Crippen LogP contribution in [0.3, 0.4) is 0 Å². The molecule has 0 fully saturated rings. The maximum Gasteiger partial charge on any atom is 0.435 e. The number of aromatic nitrogens is 2. The van der Waals surface area contributed by atoms with Crippen LogP contribution in [0.2, 0.25) is 0 Å². The number of rotatable bonds is 4. The van der Waals surface area contributed by atoms with Crippen molar-refractivity contribution in [3.8, 4) is 11.4 Å². The first kappa shape index (κ1) is 19.6. The maximum absolute atomic E-state index is 15.1. The molecule has 0 saturated carbocycles. The second-order valence-electron chi connectivity index (χ2n) is 6.46. The molecular weight excluding hydrogens is 406 g/mol. The molecule has 6 nitrogen and oxygen atoms in total. The van der Waals surface area contributed by atoms with Gasteiger partial charge in [0.25, 0.3) is 11.8 Å². The fourth-order valence-electron chi connectivity index (χ4n) is 3.26. The van der Waals surface area contributed by atoms with Gasteiger partial charge in [0, 0.05) is 11.8 Å². The van der Waals surface area contributed by atoms with Gasteiger partial charge in [-0.05, 0) is 30.3 Å². The largest absolute Gasteiger partial charge is 0.494 e. The molecule has 2 aromatic carbocycles. The van der Waals surface area contributed by atoms with Crippen LogP contribution in [-0.4, -0.2) is 33.6 Å². The normalized spacial score (nSPS) is 13.7. The third-order valence-electron chi connectivity index (χ3n) is 4.72. The van der Waals surface area contributed by atoms with E-state index < -0.39 is 36.0 Å². The molecule has 2 amide bonds. The van der Waals surface area contributed by atoms with Gasteiger partial charge in [0.2, 0.25) is 0 Å². The van der Waals surface area contributed by atoms with Gasteiger partial charge >= 0.3 is 6.18 Å². The van der Waals surface area contributed by atoms with Gasteiger partial charge in [-0.3, -0.25) is 14.5 Å². The lowest BCUT2D eigenvalue weighted by molar-refractivity contribution is -0.141. The second kappa shape index (κ2) is 6.97. The molecule has 1 aliphatic heterocycles. The predicted octanol–water partition coefficient (Wildman–Crippen LogP) is 3.84. The van der Waals surface area contributed by atoms with Gasteiger partial charge in [-0.1, -0.05) is 12.1 Å². The Morgan fingerprint density at radius 1 is 1.00 bits per heavy atom. The summed E-state index contributed by atoms with van der Waals surface area (Å²) in [5.41, 5.74) is -1.08. The van der Waals surface area contributed by atoms with Crippen LogP contribution in [0.25, 0.3) is 5.69 Å². The molecule has 154 valence electrons. The quantitative estimate of drug-likeness (QED) is 0.476. The number of benzene rings is 2. The number of fused-ring (bicyclic) bond motifs is 1. The highest BCUT2D eigenvalue weighted by atomic mass is 19.4. The van der Waals surface area contributed by atoms with Gasteiger partial charge in [0.15, 0.2) is 17.3 Å². The molecule has 0 aliphatic carbocycles. The first-order valence-electron chi connectivity index (χ1n) is 8.66. The average Bonchev–Trinajstić information content (AvgIpc) is 3.30. The first-order chi connectivity index (χ1) is 14.2. The van der Waals surface area contributed by atoms with Crippen molar-refractivity contribution in [3.05, 3.63) is 76.9 Å². The van der Waals surface area contributed by atoms with Gasteiger partial charge in [0.1, 0.15) is 0 Å². The Balaban J connectivity index is 1.79. The van der Waals surface area contributed by atoms with E-state index in [9.17, 15) is 22.8 Å². The summed E-state index contributed by atoms with van der Waals surface area (Å²) < 4.78 is 59.6. The SMILES string of the molecule is COc1ccc(-n2ccc(C(F)(F)F)n2)c(CN2C(=O)c3ccccc3C2=O)c1F. The summed E-state index contributed by atoms with van der Waals surface area (Å²) in [5.74, 6) is -2.34. The number of nitrogens with zero attached hydrogens (tertiary/aromatic N) is 3. The topological polar surface area (TPSA) is 64.4 Å². The highest BCUT2D eigenvalue weighted by Crippen LogP contribution is 2.32. The molecule has 0 atom stereocenters. The summed E-state index contributed by atoms with van der Waals surface area (Å²) in [6.45, 7) is -0.508. The van der Waals surface area contributed by atoms with Crippen molar-refractivity contribution in [2.45, 2.75) is 12.7 Å². The predicted molar refractivity (Wildman–Crippen MR) is 95.7 cm³/mol. The molecule has 0 unspecified atom stereocenters. The van der Waals surface area contributed by atoms with Crippen molar-refractivity contribution in [2.24, 2.45) is 0 Å². The smallest absolute Gasteiger partial charge is 0.435 e. The van der Waals surface area contributed by atoms with Crippen molar-refractivity contribution < 1.29 is 31.9 Å². The van der Waals surface area contributed by atoms with Crippen LogP contribution in [0, 0.1) is 5.82 Å². The van der Waals surface area contributed by atoms with E-state index in [-0.39, 0.29) is 28.1 Å². The fraction of sp³-hybridized carbons (Fsp3) is 0.150. The number of alkyl halides is 3. The Morgan fingerprint density at radius 2 is 1.63 bits per heavy atom. The van der Waals surface area contributed by atoms with Crippen LogP contribution in [0.5, 0.6) is 5.75 Å². The number of ether oxygens (including phenoxy) is 1. The zero-order chi connectivity index (χ0) is 21.6. The van der Waals surface area contributed by atoms with Crippen molar-refractivity contribution >= 4 is 11.8 Å². The van der Waals surface area contributed by atoms with Crippen molar-refractivity contribution in [1.29, 1.82) is 0 Å². The van der Waals surface area contributed by atoms with Crippen molar-refractivity contribution in [2.75, 3.05) is 7.11 Å². The first-order valence-corrected chi connectivity index (χ1v) is 8.66. The minimum Gasteiger partial charge on any atom is -0.494 e. The maximum atomic E-state index is 15.1. The van der Waals surface area contributed by atoms with E-state index in [2.05, 4.69) is 5.10 Å². The highest BCUT2D eigenvalue weighted by molar-refractivity contribution is 6.21. The number of carbonyl (C=O) groups is 2. The van der Waals surface area contributed by atoms with E-state index in [1.807, 2.05) is 0 Å². The molecule has 2 heterocycles. The highest BCUT2D eigenvalue weighted by Gasteiger charge is 2.37. The lowest BCUT2D eigenvalue weighted by Gasteiger charge is -2.18. The molecule has 1 aromatic heterocycles. The van der Waals surface area contributed by atoms with Gasteiger partial charge < -0.3 is 4.74 Å². The van der Waals surface area contributed by atoms with Gasteiger partial charge in [-0.25, -0.2) is 9.07 Å². The van der Waals surface area contributed by atoms with Gasteiger partial charge in [0.05, 0.1) is 30.5 Å². The van der Waals surface area contributed by atoms with E-state index >= 15 is 4.39 Å². The molecule has 0 bridgehead atoms. The zero-order valence-electron chi connectivity index (χ0n) is 15.4. The number of halogens is 4. The Bertz CT molecular complexity index is 1140. The van der Waals surface area contributed by atoms with Crippen LogP contribution in [0.1, 0.15) is 32.0 Å². The molecule has 3 aromatic rings. The van der Waals surface area contributed by atoms with Crippen LogP contribution in [0.15, 0.2) is 48.7 Å². The molecule has 0 radical (unpaired) electrons. The van der Waals surface area contributed by atoms with Crippen molar-refractivity contribution in [3.63, 3.8) is 0 Å². The van der Waals surface area contributed by atoms with E-state index in [0.717, 1.165) is 21.8 Å².